The van der Waals surface area contributed by atoms with E-state index in [0.717, 1.165) is 33.8 Å². The van der Waals surface area contributed by atoms with E-state index in [9.17, 15) is 8.78 Å². The van der Waals surface area contributed by atoms with Gasteiger partial charge in [-0.1, -0.05) is 12.1 Å². The Hall–Kier alpha value is -3.47. The molecule has 0 bridgehead atoms. The van der Waals surface area contributed by atoms with Gasteiger partial charge >= 0.3 is 0 Å². The van der Waals surface area contributed by atoms with Crippen LogP contribution < -0.4 is 4.74 Å². The molecule has 1 aromatic heterocycles. The van der Waals surface area contributed by atoms with Crippen molar-refractivity contribution in [2.24, 2.45) is 0 Å². The Kier molecular flexibility index (Phi) is 4.89. The molecule has 0 atom stereocenters. The first-order valence-corrected chi connectivity index (χ1v) is 8.85. The molecule has 3 nitrogen and oxygen atoms in total. The third-order valence-electron chi connectivity index (χ3n) is 4.53. The van der Waals surface area contributed by atoms with Gasteiger partial charge in [-0.05, 0) is 72.3 Å². The SMILES string of the molecule is COc1cccc(Cn2nc(-c3ccc(F)cc3)cc2-c2ccc(F)cc2)c1. The molecule has 140 valence electrons. The van der Waals surface area contributed by atoms with Gasteiger partial charge in [0.05, 0.1) is 25.0 Å². The zero-order valence-corrected chi connectivity index (χ0v) is 15.3. The van der Waals surface area contributed by atoms with Crippen molar-refractivity contribution in [2.75, 3.05) is 7.11 Å². The Balaban J connectivity index is 1.77. The molecule has 4 rings (SSSR count). The van der Waals surface area contributed by atoms with Crippen LogP contribution in [0.4, 0.5) is 8.78 Å². The van der Waals surface area contributed by atoms with Crippen molar-refractivity contribution in [1.82, 2.24) is 9.78 Å². The van der Waals surface area contributed by atoms with Crippen molar-refractivity contribution in [2.45, 2.75) is 6.54 Å². The topological polar surface area (TPSA) is 27.1 Å². The summed E-state index contributed by atoms with van der Waals surface area (Å²) in [5.74, 6) is 0.187. The molecule has 0 aliphatic rings. The van der Waals surface area contributed by atoms with Gasteiger partial charge in [0.15, 0.2) is 0 Å². The molecule has 0 amide bonds. The van der Waals surface area contributed by atoms with Crippen LogP contribution in [0.15, 0.2) is 78.9 Å². The molecule has 0 aliphatic heterocycles. The third kappa shape index (κ3) is 3.78. The predicted molar refractivity (Wildman–Crippen MR) is 105 cm³/mol. The fourth-order valence-corrected chi connectivity index (χ4v) is 3.10. The maximum Gasteiger partial charge on any atom is 0.123 e. The smallest absolute Gasteiger partial charge is 0.123 e. The van der Waals surface area contributed by atoms with Crippen LogP contribution in [0.3, 0.4) is 0 Å². The molecule has 0 unspecified atom stereocenters. The highest BCUT2D eigenvalue weighted by Gasteiger charge is 2.13. The number of ether oxygens (including phenoxy) is 1. The maximum atomic E-state index is 13.4. The van der Waals surface area contributed by atoms with Crippen molar-refractivity contribution in [1.29, 1.82) is 0 Å². The molecule has 0 fully saturated rings. The summed E-state index contributed by atoms with van der Waals surface area (Å²) in [7, 11) is 1.63. The second-order valence-corrected chi connectivity index (χ2v) is 6.44. The van der Waals surface area contributed by atoms with Gasteiger partial charge < -0.3 is 4.74 Å². The molecule has 0 aliphatic carbocycles. The fourth-order valence-electron chi connectivity index (χ4n) is 3.10. The highest BCUT2D eigenvalue weighted by atomic mass is 19.1. The van der Waals surface area contributed by atoms with Crippen molar-refractivity contribution >= 4 is 0 Å². The lowest BCUT2D eigenvalue weighted by Crippen LogP contribution is -2.04. The van der Waals surface area contributed by atoms with Gasteiger partial charge in [0.2, 0.25) is 0 Å². The van der Waals surface area contributed by atoms with Gasteiger partial charge in [-0.2, -0.15) is 5.10 Å². The molecule has 0 spiro atoms. The highest BCUT2D eigenvalue weighted by Crippen LogP contribution is 2.28. The number of halogens is 2. The summed E-state index contributed by atoms with van der Waals surface area (Å²) >= 11 is 0. The molecular weight excluding hydrogens is 358 g/mol. The molecule has 5 heteroatoms. The number of hydrogen-bond acceptors (Lipinski definition) is 2. The van der Waals surface area contributed by atoms with E-state index in [0.29, 0.717) is 6.54 Å². The van der Waals surface area contributed by atoms with Crippen molar-refractivity contribution in [3.05, 3.63) is 96.1 Å². The Morgan fingerprint density at radius 1 is 0.821 bits per heavy atom. The van der Waals surface area contributed by atoms with E-state index in [2.05, 4.69) is 0 Å². The summed E-state index contributed by atoms with van der Waals surface area (Å²) in [5, 5.41) is 4.72. The Morgan fingerprint density at radius 3 is 2.11 bits per heavy atom. The number of nitrogens with zero attached hydrogens (tertiary/aromatic N) is 2. The molecule has 28 heavy (non-hydrogen) atoms. The van der Waals surface area contributed by atoms with Crippen LogP contribution in [0, 0.1) is 11.6 Å². The van der Waals surface area contributed by atoms with Crippen LogP contribution in [0.2, 0.25) is 0 Å². The standard InChI is InChI=1S/C23H18F2N2O/c1-28-21-4-2-3-16(13-21)15-27-23(18-7-11-20(25)12-8-18)14-22(26-27)17-5-9-19(24)10-6-17/h2-14H,15H2,1H3. The van der Waals surface area contributed by atoms with Gasteiger partial charge in [0.1, 0.15) is 17.4 Å². The average Bonchev–Trinajstić information content (AvgIpc) is 3.13. The van der Waals surface area contributed by atoms with Gasteiger partial charge in [-0.25, -0.2) is 8.78 Å². The van der Waals surface area contributed by atoms with Crippen LogP contribution in [-0.4, -0.2) is 16.9 Å². The molecule has 0 radical (unpaired) electrons. The summed E-state index contributed by atoms with van der Waals surface area (Å²) in [4.78, 5) is 0. The zero-order valence-electron chi connectivity index (χ0n) is 15.3. The maximum absolute atomic E-state index is 13.4. The first-order chi connectivity index (χ1) is 13.6. The van der Waals surface area contributed by atoms with Gasteiger partial charge in [-0.15, -0.1) is 0 Å². The first kappa shape index (κ1) is 17.9. The second-order valence-electron chi connectivity index (χ2n) is 6.44. The number of rotatable bonds is 5. The third-order valence-corrected chi connectivity index (χ3v) is 4.53. The van der Waals surface area contributed by atoms with E-state index in [1.807, 2.05) is 35.0 Å². The Morgan fingerprint density at radius 2 is 1.46 bits per heavy atom. The van der Waals surface area contributed by atoms with E-state index in [4.69, 9.17) is 9.84 Å². The number of hydrogen-bond donors (Lipinski definition) is 0. The van der Waals surface area contributed by atoms with Crippen LogP contribution in [0.5, 0.6) is 5.75 Å². The summed E-state index contributed by atoms with van der Waals surface area (Å²) < 4.78 is 33.8. The Labute approximate surface area is 161 Å². The molecule has 1 heterocycles. The highest BCUT2D eigenvalue weighted by molar-refractivity contribution is 5.68. The number of benzene rings is 3. The molecule has 0 saturated heterocycles. The normalized spacial score (nSPS) is 10.8. The van der Waals surface area contributed by atoms with Gasteiger partial charge in [0.25, 0.3) is 0 Å². The molecule has 0 N–H and O–H groups in total. The van der Waals surface area contributed by atoms with E-state index in [-0.39, 0.29) is 11.6 Å². The molecule has 4 aromatic rings. The van der Waals surface area contributed by atoms with Crippen LogP contribution in [0.25, 0.3) is 22.5 Å². The Bertz CT molecular complexity index is 1090. The molecule has 0 saturated carbocycles. The minimum atomic E-state index is -0.293. The second kappa shape index (κ2) is 7.64. The van der Waals surface area contributed by atoms with E-state index < -0.39 is 0 Å². The lowest BCUT2D eigenvalue weighted by atomic mass is 10.1. The van der Waals surface area contributed by atoms with E-state index >= 15 is 0 Å². The molecule has 3 aromatic carbocycles. The monoisotopic (exact) mass is 376 g/mol. The summed E-state index contributed by atoms with van der Waals surface area (Å²) in [6.07, 6.45) is 0. The van der Waals surface area contributed by atoms with Crippen LogP contribution in [0.1, 0.15) is 5.56 Å². The lowest BCUT2D eigenvalue weighted by molar-refractivity contribution is 0.414. The van der Waals surface area contributed by atoms with Crippen molar-refractivity contribution in [3.63, 3.8) is 0 Å². The first-order valence-electron chi connectivity index (χ1n) is 8.85. The number of aromatic nitrogens is 2. The number of methoxy groups -OCH3 is 1. The van der Waals surface area contributed by atoms with Crippen LogP contribution in [-0.2, 0) is 6.54 Å². The van der Waals surface area contributed by atoms with Crippen molar-refractivity contribution in [3.8, 4) is 28.3 Å². The van der Waals surface area contributed by atoms with Crippen molar-refractivity contribution < 1.29 is 13.5 Å². The molecular formula is C23H18F2N2O. The fraction of sp³-hybridized carbons (Fsp3) is 0.0870. The van der Waals surface area contributed by atoms with E-state index in [1.165, 1.54) is 24.3 Å². The zero-order chi connectivity index (χ0) is 19.5. The largest absolute Gasteiger partial charge is 0.497 e. The summed E-state index contributed by atoms with van der Waals surface area (Å²) in [6, 6.07) is 22.2. The lowest BCUT2D eigenvalue weighted by Gasteiger charge is -2.09. The summed E-state index contributed by atoms with van der Waals surface area (Å²) in [6.45, 7) is 0.519. The summed E-state index contributed by atoms with van der Waals surface area (Å²) in [5.41, 5.74) is 4.26. The quantitative estimate of drug-likeness (QED) is 0.456. The predicted octanol–water partition coefficient (Wildman–Crippen LogP) is 5.55. The minimum absolute atomic E-state index is 0.290. The van der Waals surface area contributed by atoms with Crippen LogP contribution >= 0.6 is 0 Å². The van der Waals surface area contributed by atoms with Gasteiger partial charge in [-0.3, -0.25) is 4.68 Å². The van der Waals surface area contributed by atoms with Gasteiger partial charge in [0, 0.05) is 11.1 Å². The minimum Gasteiger partial charge on any atom is -0.497 e. The average molecular weight is 376 g/mol. The van der Waals surface area contributed by atoms with E-state index in [1.54, 1.807) is 31.4 Å².